The molecule has 2 aliphatic rings. The number of fused-ring (bicyclic) bond motifs is 3. The minimum absolute atomic E-state index is 0.0869. The van der Waals surface area contributed by atoms with Crippen LogP contribution in [0.15, 0.2) is 54.9 Å². The zero-order valence-electron chi connectivity index (χ0n) is 25.0. The number of nitrogens with zero attached hydrogens (tertiary/aromatic N) is 3. The monoisotopic (exact) mass is 619 g/mol. The summed E-state index contributed by atoms with van der Waals surface area (Å²) < 4.78 is 52.4. The lowest BCUT2D eigenvalue weighted by molar-refractivity contribution is 0.161. The first-order valence-corrected chi connectivity index (χ1v) is 15.2. The quantitative estimate of drug-likeness (QED) is 0.191. The lowest BCUT2D eigenvalue weighted by Crippen LogP contribution is -2.31. The third-order valence-electron chi connectivity index (χ3n) is 7.78. The molecule has 2 N–H and O–H groups in total. The van der Waals surface area contributed by atoms with Crippen LogP contribution in [0.3, 0.4) is 0 Å². The molecule has 3 aromatic carbocycles. The molecule has 3 heterocycles. The number of carbonyl (C=O) groups excluding carboxylic acids is 1. The number of nitrogens with one attached hydrogen (secondary N) is 2. The SMILES string of the molecule is C[C@@H](NC(=O)Nc1ccc(Oc2ncnc3cc(OCCCN4CCCCC4)c4c(c23)OCCO4)c(F)c1)c1ccc(F)cc1. The Morgan fingerprint density at radius 3 is 2.53 bits per heavy atom. The van der Waals surface area contributed by atoms with E-state index in [1.165, 1.54) is 49.9 Å². The van der Waals surface area contributed by atoms with Crippen molar-refractivity contribution >= 4 is 22.6 Å². The van der Waals surface area contributed by atoms with Crippen molar-refractivity contribution in [3.63, 3.8) is 0 Å². The van der Waals surface area contributed by atoms with E-state index in [0.29, 0.717) is 48.0 Å². The fourth-order valence-corrected chi connectivity index (χ4v) is 5.48. The summed E-state index contributed by atoms with van der Waals surface area (Å²) in [5, 5.41) is 5.78. The first-order valence-electron chi connectivity index (χ1n) is 15.2. The highest BCUT2D eigenvalue weighted by molar-refractivity contribution is 5.94. The number of hydrogen-bond acceptors (Lipinski definition) is 8. The molecule has 10 nitrogen and oxygen atoms in total. The highest BCUT2D eigenvalue weighted by Gasteiger charge is 2.26. The summed E-state index contributed by atoms with van der Waals surface area (Å²) in [6, 6.07) is 10.7. The average Bonchev–Trinajstić information content (AvgIpc) is 3.05. The van der Waals surface area contributed by atoms with E-state index in [1.54, 1.807) is 25.1 Å². The highest BCUT2D eigenvalue weighted by atomic mass is 19.1. The molecule has 0 spiro atoms. The van der Waals surface area contributed by atoms with E-state index in [2.05, 4.69) is 25.5 Å². The van der Waals surface area contributed by atoms with Crippen LogP contribution in [-0.2, 0) is 0 Å². The van der Waals surface area contributed by atoms with Crippen molar-refractivity contribution in [2.24, 2.45) is 0 Å². The number of carbonyl (C=O) groups is 1. The van der Waals surface area contributed by atoms with Crippen LogP contribution >= 0.6 is 0 Å². The van der Waals surface area contributed by atoms with Gasteiger partial charge in [-0.3, -0.25) is 0 Å². The van der Waals surface area contributed by atoms with Crippen LogP contribution in [0.4, 0.5) is 19.3 Å². The first kappa shape index (κ1) is 30.3. The lowest BCUT2D eigenvalue weighted by atomic mass is 10.1. The molecule has 2 aliphatic heterocycles. The van der Waals surface area contributed by atoms with Crippen LogP contribution in [0, 0.1) is 11.6 Å². The number of likely N-dealkylation sites (tertiary alicyclic amines) is 1. The maximum Gasteiger partial charge on any atom is 0.319 e. The minimum Gasteiger partial charge on any atom is -0.489 e. The van der Waals surface area contributed by atoms with Crippen LogP contribution in [0.1, 0.15) is 44.2 Å². The fourth-order valence-electron chi connectivity index (χ4n) is 5.48. The fraction of sp³-hybridized carbons (Fsp3) is 0.364. The molecule has 0 bridgehead atoms. The topological polar surface area (TPSA) is 107 Å². The van der Waals surface area contributed by atoms with Gasteiger partial charge in [0.15, 0.2) is 23.1 Å². The summed E-state index contributed by atoms with van der Waals surface area (Å²) in [6.07, 6.45) is 6.00. The molecular formula is C33H35F2N5O5. The van der Waals surface area contributed by atoms with E-state index in [1.807, 2.05) is 0 Å². The Morgan fingerprint density at radius 2 is 1.76 bits per heavy atom. The molecule has 1 aromatic heterocycles. The number of amides is 2. The number of urea groups is 1. The third-order valence-corrected chi connectivity index (χ3v) is 7.78. The summed E-state index contributed by atoms with van der Waals surface area (Å²) in [5.41, 5.74) is 1.44. The minimum atomic E-state index is -0.717. The van der Waals surface area contributed by atoms with Crippen molar-refractivity contribution in [3.05, 3.63) is 72.1 Å². The zero-order chi connectivity index (χ0) is 31.2. The zero-order valence-corrected chi connectivity index (χ0v) is 25.0. The Bertz CT molecular complexity index is 1650. The summed E-state index contributed by atoms with van der Waals surface area (Å²) in [5.74, 6) is 0.239. The predicted molar refractivity (Wildman–Crippen MR) is 164 cm³/mol. The summed E-state index contributed by atoms with van der Waals surface area (Å²) in [6.45, 7) is 6.19. The number of benzene rings is 3. The molecule has 2 amide bonds. The van der Waals surface area contributed by atoms with Gasteiger partial charge in [-0.1, -0.05) is 18.6 Å². The van der Waals surface area contributed by atoms with Gasteiger partial charge in [-0.2, -0.15) is 0 Å². The van der Waals surface area contributed by atoms with Gasteiger partial charge in [0.1, 0.15) is 30.7 Å². The number of anilines is 1. The van der Waals surface area contributed by atoms with Gasteiger partial charge in [0, 0.05) is 24.4 Å². The molecule has 12 heteroatoms. The number of ether oxygens (including phenoxy) is 4. The predicted octanol–water partition coefficient (Wildman–Crippen LogP) is 6.61. The van der Waals surface area contributed by atoms with Gasteiger partial charge in [-0.25, -0.2) is 23.5 Å². The molecule has 45 heavy (non-hydrogen) atoms. The standard InChI is InChI=1S/C33H35F2N5O5/c1-21(22-6-8-23(34)9-7-22)38-33(41)39-24-10-11-27(25(35)18-24)45-32-29-26(36-20-37-32)19-28(30-31(29)44-17-16-43-30)42-15-5-14-40-12-3-2-4-13-40/h6-11,18-21H,2-5,12-17H2,1H3,(H2,38,39,41)/t21-/m1/s1. The van der Waals surface area contributed by atoms with Gasteiger partial charge in [-0.05, 0) is 69.1 Å². The molecule has 1 saturated heterocycles. The molecule has 1 fully saturated rings. The van der Waals surface area contributed by atoms with Crippen molar-refractivity contribution < 1.29 is 32.5 Å². The van der Waals surface area contributed by atoms with E-state index in [9.17, 15) is 9.18 Å². The second-order valence-corrected chi connectivity index (χ2v) is 11.0. The number of rotatable bonds is 10. The Labute approximate surface area is 259 Å². The maximum atomic E-state index is 15.2. The molecular weight excluding hydrogens is 584 g/mol. The maximum absolute atomic E-state index is 15.2. The van der Waals surface area contributed by atoms with Crippen molar-refractivity contribution in [1.29, 1.82) is 0 Å². The molecule has 0 aliphatic carbocycles. The Hall–Kier alpha value is -4.71. The van der Waals surface area contributed by atoms with Gasteiger partial charge in [0.2, 0.25) is 11.6 Å². The van der Waals surface area contributed by atoms with Crippen molar-refractivity contribution in [3.8, 4) is 28.9 Å². The molecule has 6 rings (SSSR count). The summed E-state index contributed by atoms with van der Waals surface area (Å²) in [7, 11) is 0. The Balaban J connectivity index is 1.14. The Kier molecular flexibility index (Phi) is 9.39. The molecule has 0 radical (unpaired) electrons. The van der Waals surface area contributed by atoms with Crippen LogP contribution < -0.4 is 29.6 Å². The van der Waals surface area contributed by atoms with Crippen LogP contribution in [-0.4, -0.2) is 60.4 Å². The van der Waals surface area contributed by atoms with Crippen LogP contribution in [0.2, 0.25) is 0 Å². The van der Waals surface area contributed by atoms with Gasteiger partial charge in [0.05, 0.1) is 18.2 Å². The smallest absolute Gasteiger partial charge is 0.319 e. The second-order valence-electron chi connectivity index (χ2n) is 11.0. The number of piperidine rings is 1. The Morgan fingerprint density at radius 1 is 0.978 bits per heavy atom. The van der Waals surface area contributed by atoms with Crippen LogP contribution in [0.5, 0.6) is 28.9 Å². The number of aromatic nitrogens is 2. The molecule has 1 atom stereocenters. The van der Waals surface area contributed by atoms with E-state index < -0.39 is 17.9 Å². The largest absolute Gasteiger partial charge is 0.489 e. The van der Waals surface area contributed by atoms with Gasteiger partial charge < -0.3 is 34.5 Å². The lowest BCUT2D eigenvalue weighted by Gasteiger charge is -2.26. The van der Waals surface area contributed by atoms with Gasteiger partial charge in [0.25, 0.3) is 0 Å². The second kappa shape index (κ2) is 13.9. The highest BCUT2D eigenvalue weighted by Crippen LogP contribution is 2.48. The molecule has 236 valence electrons. The van der Waals surface area contributed by atoms with E-state index in [0.717, 1.165) is 37.7 Å². The van der Waals surface area contributed by atoms with Gasteiger partial charge >= 0.3 is 6.03 Å². The summed E-state index contributed by atoms with van der Waals surface area (Å²) >= 11 is 0. The third kappa shape index (κ3) is 7.34. The molecule has 0 unspecified atom stereocenters. The van der Waals surface area contributed by atoms with Crippen molar-refractivity contribution in [2.75, 3.05) is 44.8 Å². The van der Waals surface area contributed by atoms with E-state index >= 15 is 4.39 Å². The van der Waals surface area contributed by atoms with Crippen LogP contribution in [0.25, 0.3) is 10.9 Å². The average molecular weight is 620 g/mol. The van der Waals surface area contributed by atoms with Gasteiger partial charge in [-0.15, -0.1) is 0 Å². The van der Waals surface area contributed by atoms with E-state index in [-0.39, 0.29) is 23.1 Å². The molecule has 4 aromatic rings. The number of halogens is 2. The van der Waals surface area contributed by atoms with E-state index in [4.69, 9.17) is 18.9 Å². The normalized spacial score (nSPS) is 15.4. The number of hydrogen-bond donors (Lipinski definition) is 2. The van der Waals surface area contributed by atoms with Crippen molar-refractivity contribution in [2.45, 2.75) is 38.6 Å². The first-order chi connectivity index (χ1) is 21.9. The molecule has 0 saturated carbocycles. The summed E-state index contributed by atoms with van der Waals surface area (Å²) in [4.78, 5) is 23.6. The van der Waals surface area contributed by atoms with Crippen molar-refractivity contribution in [1.82, 2.24) is 20.2 Å².